The van der Waals surface area contributed by atoms with Gasteiger partial charge in [-0.05, 0) is 24.6 Å². The van der Waals surface area contributed by atoms with Crippen LogP contribution in [0.4, 0.5) is 0 Å². The van der Waals surface area contributed by atoms with Crippen molar-refractivity contribution < 1.29 is 9.47 Å². The number of rotatable bonds is 6. The molecule has 2 unspecified atom stereocenters. The Morgan fingerprint density at radius 1 is 1.38 bits per heavy atom. The first-order chi connectivity index (χ1) is 10.2. The molecular formula is C16H26N2O2S. The maximum absolute atomic E-state index is 6.09. The lowest BCUT2D eigenvalue weighted by Gasteiger charge is -2.38. The quantitative estimate of drug-likeness (QED) is 0.875. The Morgan fingerprint density at radius 3 is 2.81 bits per heavy atom. The van der Waals surface area contributed by atoms with E-state index in [1.165, 1.54) is 12.2 Å². The third-order valence-electron chi connectivity index (χ3n) is 4.09. The zero-order valence-corrected chi connectivity index (χ0v) is 14.0. The SMILES string of the molecule is CCC1CN(C(CN)c2cc(OC)ccc2OC)CCS1. The summed E-state index contributed by atoms with van der Waals surface area (Å²) in [6, 6.07) is 6.13. The summed E-state index contributed by atoms with van der Waals surface area (Å²) in [5, 5.41) is 0.699. The first-order valence-corrected chi connectivity index (χ1v) is 8.56. The van der Waals surface area contributed by atoms with E-state index in [4.69, 9.17) is 15.2 Å². The molecule has 5 heteroatoms. The lowest BCUT2D eigenvalue weighted by molar-refractivity contribution is 0.203. The van der Waals surface area contributed by atoms with Gasteiger partial charge in [0.1, 0.15) is 11.5 Å². The highest BCUT2D eigenvalue weighted by Gasteiger charge is 2.27. The summed E-state index contributed by atoms with van der Waals surface area (Å²) in [7, 11) is 3.40. The molecule has 0 bridgehead atoms. The van der Waals surface area contributed by atoms with Gasteiger partial charge in [-0.2, -0.15) is 11.8 Å². The van der Waals surface area contributed by atoms with Crippen molar-refractivity contribution >= 4 is 11.8 Å². The molecule has 118 valence electrons. The van der Waals surface area contributed by atoms with Crippen LogP contribution in [0.3, 0.4) is 0 Å². The normalized spacial score (nSPS) is 21.0. The summed E-state index contributed by atoms with van der Waals surface area (Å²) in [5.74, 6) is 2.90. The van der Waals surface area contributed by atoms with Gasteiger partial charge in [-0.3, -0.25) is 4.90 Å². The van der Waals surface area contributed by atoms with Crippen LogP contribution in [0.5, 0.6) is 11.5 Å². The van der Waals surface area contributed by atoms with Crippen LogP contribution in [0.15, 0.2) is 18.2 Å². The molecule has 21 heavy (non-hydrogen) atoms. The van der Waals surface area contributed by atoms with Crippen LogP contribution in [0.25, 0.3) is 0 Å². The molecule has 0 aliphatic carbocycles. The fraction of sp³-hybridized carbons (Fsp3) is 0.625. The zero-order chi connectivity index (χ0) is 15.2. The number of hydrogen-bond donors (Lipinski definition) is 1. The molecule has 2 N–H and O–H groups in total. The number of nitrogens with two attached hydrogens (primary N) is 1. The van der Waals surface area contributed by atoms with Gasteiger partial charge in [0, 0.05) is 36.2 Å². The second kappa shape index (κ2) is 7.92. The minimum Gasteiger partial charge on any atom is -0.497 e. The second-order valence-corrected chi connectivity index (χ2v) is 6.66. The number of benzene rings is 1. The monoisotopic (exact) mass is 310 g/mol. The average molecular weight is 310 g/mol. The van der Waals surface area contributed by atoms with Crippen molar-refractivity contribution in [2.75, 3.05) is 39.6 Å². The van der Waals surface area contributed by atoms with Crippen LogP contribution in [0.2, 0.25) is 0 Å². The fourth-order valence-electron chi connectivity index (χ4n) is 2.84. The number of nitrogens with zero attached hydrogens (tertiary/aromatic N) is 1. The molecule has 0 spiro atoms. The van der Waals surface area contributed by atoms with Crippen molar-refractivity contribution in [1.82, 2.24) is 4.90 Å². The molecule has 0 saturated carbocycles. The molecule has 0 radical (unpaired) electrons. The van der Waals surface area contributed by atoms with Crippen LogP contribution in [-0.4, -0.2) is 49.8 Å². The minimum absolute atomic E-state index is 0.185. The number of thioether (sulfide) groups is 1. The highest BCUT2D eigenvalue weighted by molar-refractivity contribution is 8.00. The maximum Gasteiger partial charge on any atom is 0.123 e. The summed E-state index contributed by atoms with van der Waals surface area (Å²) in [6.45, 7) is 5.00. The first kappa shape index (κ1) is 16.5. The van der Waals surface area contributed by atoms with Gasteiger partial charge in [0.25, 0.3) is 0 Å². The van der Waals surface area contributed by atoms with Crippen LogP contribution in [0.1, 0.15) is 24.9 Å². The average Bonchev–Trinajstić information content (AvgIpc) is 2.55. The largest absolute Gasteiger partial charge is 0.497 e. The van der Waals surface area contributed by atoms with E-state index in [1.807, 2.05) is 12.1 Å². The molecule has 2 atom stereocenters. The van der Waals surface area contributed by atoms with E-state index in [2.05, 4.69) is 29.7 Å². The highest BCUT2D eigenvalue weighted by atomic mass is 32.2. The van der Waals surface area contributed by atoms with E-state index in [9.17, 15) is 0 Å². The third-order valence-corrected chi connectivity index (χ3v) is 5.46. The number of ether oxygens (including phenoxy) is 2. The van der Waals surface area contributed by atoms with Crippen molar-refractivity contribution in [1.29, 1.82) is 0 Å². The van der Waals surface area contributed by atoms with E-state index < -0.39 is 0 Å². The Balaban J connectivity index is 2.27. The van der Waals surface area contributed by atoms with Gasteiger partial charge in [0.05, 0.1) is 20.3 Å². The predicted molar refractivity (Wildman–Crippen MR) is 89.5 cm³/mol. The molecule has 0 amide bonds. The molecule has 1 saturated heterocycles. The predicted octanol–water partition coefficient (Wildman–Crippen LogP) is 2.53. The second-order valence-electron chi connectivity index (χ2n) is 5.26. The number of hydrogen-bond acceptors (Lipinski definition) is 5. The fourth-order valence-corrected chi connectivity index (χ4v) is 4.05. The lowest BCUT2D eigenvalue weighted by atomic mass is 10.0. The van der Waals surface area contributed by atoms with E-state index in [0.717, 1.165) is 30.2 Å². The summed E-state index contributed by atoms with van der Waals surface area (Å²) >= 11 is 2.07. The van der Waals surface area contributed by atoms with Gasteiger partial charge in [-0.25, -0.2) is 0 Å². The molecule has 4 nitrogen and oxygen atoms in total. The topological polar surface area (TPSA) is 47.7 Å². The standard InChI is InChI=1S/C16H26N2O2S/c1-4-13-11-18(7-8-21-13)15(10-17)14-9-12(19-2)5-6-16(14)20-3/h5-6,9,13,15H,4,7-8,10-11,17H2,1-3H3. The van der Waals surface area contributed by atoms with Gasteiger partial charge >= 0.3 is 0 Å². The lowest BCUT2D eigenvalue weighted by Crippen LogP contribution is -2.42. The van der Waals surface area contributed by atoms with Gasteiger partial charge in [0.15, 0.2) is 0 Å². The molecular weight excluding hydrogens is 284 g/mol. The zero-order valence-electron chi connectivity index (χ0n) is 13.2. The van der Waals surface area contributed by atoms with Crippen molar-refractivity contribution in [3.8, 4) is 11.5 Å². The van der Waals surface area contributed by atoms with Crippen molar-refractivity contribution in [2.24, 2.45) is 5.73 Å². The third kappa shape index (κ3) is 3.84. The Morgan fingerprint density at radius 2 is 2.19 bits per heavy atom. The van der Waals surface area contributed by atoms with E-state index in [0.29, 0.717) is 11.8 Å². The van der Waals surface area contributed by atoms with Gasteiger partial charge in [-0.15, -0.1) is 0 Å². The summed E-state index contributed by atoms with van der Waals surface area (Å²) < 4.78 is 10.9. The highest BCUT2D eigenvalue weighted by Crippen LogP contribution is 2.34. The van der Waals surface area contributed by atoms with E-state index in [1.54, 1.807) is 14.2 Å². The van der Waals surface area contributed by atoms with Gasteiger partial charge in [0.2, 0.25) is 0 Å². The Labute approximate surface area is 132 Å². The molecule has 1 aromatic carbocycles. The Kier molecular flexibility index (Phi) is 6.21. The Bertz CT molecular complexity index is 456. The molecule has 1 aliphatic rings. The van der Waals surface area contributed by atoms with Crippen molar-refractivity contribution in [3.63, 3.8) is 0 Å². The molecule has 0 aromatic heterocycles. The first-order valence-electron chi connectivity index (χ1n) is 7.51. The van der Waals surface area contributed by atoms with E-state index in [-0.39, 0.29) is 6.04 Å². The van der Waals surface area contributed by atoms with Crippen molar-refractivity contribution in [3.05, 3.63) is 23.8 Å². The summed E-state index contributed by atoms with van der Waals surface area (Å²) in [5.41, 5.74) is 7.22. The van der Waals surface area contributed by atoms with Crippen LogP contribution >= 0.6 is 11.8 Å². The molecule has 2 rings (SSSR count). The van der Waals surface area contributed by atoms with Crippen molar-refractivity contribution in [2.45, 2.75) is 24.6 Å². The van der Waals surface area contributed by atoms with Crippen LogP contribution in [-0.2, 0) is 0 Å². The van der Waals surface area contributed by atoms with E-state index >= 15 is 0 Å². The Hall–Kier alpha value is -0.910. The van der Waals surface area contributed by atoms with Gasteiger partial charge < -0.3 is 15.2 Å². The molecule has 1 fully saturated rings. The summed E-state index contributed by atoms with van der Waals surface area (Å²) in [4.78, 5) is 2.49. The molecule has 1 heterocycles. The maximum atomic E-state index is 6.09. The van der Waals surface area contributed by atoms with Crippen LogP contribution in [0, 0.1) is 0 Å². The smallest absolute Gasteiger partial charge is 0.123 e. The summed E-state index contributed by atoms with van der Waals surface area (Å²) in [6.07, 6.45) is 1.20. The minimum atomic E-state index is 0.185. The molecule has 1 aromatic rings. The van der Waals surface area contributed by atoms with Crippen LogP contribution < -0.4 is 15.2 Å². The number of methoxy groups -OCH3 is 2. The van der Waals surface area contributed by atoms with Gasteiger partial charge in [-0.1, -0.05) is 6.92 Å². The molecule has 1 aliphatic heterocycles.